The minimum Gasteiger partial charge on any atom is -0.469 e. The lowest BCUT2D eigenvalue weighted by molar-refractivity contribution is -0.140. The van der Waals surface area contributed by atoms with Crippen LogP contribution in [0.1, 0.15) is 64.7 Å². The summed E-state index contributed by atoms with van der Waals surface area (Å²) in [5, 5.41) is 10.1. The smallest absolute Gasteiger partial charge is 0.305 e. The van der Waals surface area contributed by atoms with Gasteiger partial charge in [-0.2, -0.15) is 0 Å². The summed E-state index contributed by atoms with van der Waals surface area (Å²) >= 11 is 0. The van der Waals surface area contributed by atoms with Gasteiger partial charge >= 0.3 is 5.97 Å². The van der Waals surface area contributed by atoms with Crippen LogP contribution in [0.15, 0.2) is 12.2 Å². The summed E-state index contributed by atoms with van der Waals surface area (Å²) in [5.41, 5.74) is 0. The number of methoxy groups -OCH3 is 1. The van der Waals surface area contributed by atoms with Crippen LogP contribution in [0.4, 0.5) is 0 Å². The molecule has 1 fully saturated rings. The molecule has 3 atom stereocenters. The predicted octanol–water partition coefficient (Wildman–Crippen LogP) is 2.99. The zero-order valence-electron chi connectivity index (χ0n) is 15.8. The SMILES string of the molecule is CCCCCC(=O)/C=C/[C@@H]1[C@H](O)CC(=O)[C@H]1CC#CCCCC(=O)OC. The summed E-state index contributed by atoms with van der Waals surface area (Å²) in [4.78, 5) is 35.0. The molecule has 0 aromatic carbocycles. The first-order valence-corrected chi connectivity index (χ1v) is 9.43. The number of aliphatic hydroxyl groups excluding tert-OH is 1. The molecule has 0 amide bonds. The maximum absolute atomic E-state index is 12.1. The number of hydrogen-bond acceptors (Lipinski definition) is 5. The van der Waals surface area contributed by atoms with Gasteiger partial charge in [0.05, 0.1) is 13.2 Å². The van der Waals surface area contributed by atoms with Gasteiger partial charge in [-0.05, 0) is 18.9 Å². The van der Waals surface area contributed by atoms with Crippen LogP contribution in [-0.4, -0.2) is 35.9 Å². The van der Waals surface area contributed by atoms with Crippen molar-refractivity contribution >= 4 is 17.5 Å². The molecule has 5 nitrogen and oxygen atoms in total. The van der Waals surface area contributed by atoms with Crippen molar-refractivity contribution in [1.29, 1.82) is 0 Å². The Bertz CT molecular complexity index is 567. The summed E-state index contributed by atoms with van der Waals surface area (Å²) < 4.78 is 4.56. The van der Waals surface area contributed by atoms with Crippen LogP contribution in [0.5, 0.6) is 0 Å². The summed E-state index contributed by atoms with van der Waals surface area (Å²) in [5.74, 6) is 5.01. The van der Waals surface area contributed by atoms with Gasteiger partial charge in [0.2, 0.25) is 0 Å². The Morgan fingerprint density at radius 2 is 2.00 bits per heavy atom. The Labute approximate surface area is 156 Å². The second-order valence-corrected chi connectivity index (χ2v) is 6.69. The molecule has 0 radical (unpaired) electrons. The zero-order chi connectivity index (χ0) is 19.4. The molecule has 144 valence electrons. The normalized spacial score (nSPS) is 22.3. The van der Waals surface area contributed by atoms with E-state index < -0.39 is 6.10 Å². The van der Waals surface area contributed by atoms with E-state index in [0.717, 1.165) is 19.3 Å². The zero-order valence-corrected chi connectivity index (χ0v) is 15.8. The number of aliphatic hydroxyl groups is 1. The minimum atomic E-state index is -0.742. The third-order valence-corrected chi connectivity index (χ3v) is 4.62. The third-order valence-electron chi connectivity index (χ3n) is 4.62. The quantitative estimate of drug-likeness (QED) is 0.280. The molecule has 5 heteroatoms. The number of ether oxygens (including phenoxy) is 1. The van der Waals surface area contributed by atoms with Gasteiger partial charge < -0.3 is 9.84 Å². The van der Waals surface area contributed by atoms with Crippen LogP contribution in [0, 0.1) is 23.7 Å². The molecule has 1 saturated carbocycles. The van der Waals surface area contributed by atoms with Gasteiger partial charge in [0.25, 0.3) is 0 Å². The Hall–Kier alpha value is -1.93. The highest BCUT2D eigenvalue weighted by atomic mass is 16.5. The van der Waals surface area contributed by atoms with Gasteiger partial charge in [0.1, 0.15) is 5.78 Å². The Morgan fingerprint density at radius 3 is 2.69 bits per heavy atom. The van der Waals surface area contributed by atoms with Crippen LogP contribution in [0.2, 0.25) is 0 Å². The number of esters is 1. The fraction of sp³-hybridized carbons (Fsp3) is 0.667. The predicted molar refractivity (Wildman–Crippen MR) is 99.2 cm³/mol. The maximum Gasteiger partial charge on any atom is 0.305 e. The first-order chi connectivity index (χ1) is 12.5. The van der Waals surface area contributed by atoms with Gasteiger partial charge in [-0.25, -0.2) is 0 Å². The van der Waals surface area contributed by atoms with Crippen molar-refractivity contribution in [2.45, 2.75) is 70.8 Å². The van der Waals surface area contributed by atoms with Crippen molar-refractivity contribution in [3.63, 3.8) is 0 Å². The molecule has 1 aliphatic carbocycles. The van der Waals surface area contributed by atoms with Crippen LogP contribution in [-0.2, 0) is 19.1 Å². The van der Waals surface area contributed by atoms with Gasteiger partial charge in [0.15, 0.2) is 5.78 Å². The lowest BCUT2D eigenvalue weighted by Crippen LogP contribution is -2.18. The lowest BCUT2D eigenvalue weighted by atomic mass is 9.90. The van der Waals surface area contributed by atoms with Crippen LogP contribution >= 0.6 is 0 Å². The van der Waals surface area contributed by atoms with Crippen molar-refractivity contribution in [1.82, 2.24) is 0 Å². The number of carbonyl (C=O) groups is 3. The third kappa shape index (κ3) is 7.97. The minimum absolute atomic E-state index is 0.00515. The number of carbonyl (C=O) groups excluding carboxylic acids is 3. The van der Waals surface area contributed by atoms with Gasteiger partial charge in [-0.1, -0.05) is 25.8 Å². The number of Topliss-reactive ketones (excluding diaryl/α,β-unsaturated/α-hetero) is 1. The number of hydrogen-bond donors (Lipinski definition) is 1. The van der Waals surface area contributed by atoms with Crippen LogP contribution in [0.3, 0.4) is 0 Å². The van der Waals surface area contributed by atoms with Gasteiger partial charge in [0, 0.05) is 43.9 Å². The van der Waals surface area contributed by atoms with Crippen molar-refractivity contribution in [3.05, 3.63) is 12.2 Å². The van der Waals surface area contributed by atoms with E-state index in [4.69, 9.17) is 0 Å². The van der Waals surface area contributed by atoms with Crippen LogP contribution in [0.25, 0.3) is 0 Å². The Kier molecular flexibility index (Phi) is 10.6. The Balaban J connectivity index is 2.50. The monoisotopic (exact) mass is 362 g/mol. The second kappa shape index (κ2) is 12.4. The topological polar surface area (TPSA) is 80.7 Å². The van der Waals surface area contributed by atoms with E-state index in [1.54, 1.807) is 6.08 Å². The second-order valence-electron chi connectivity index (χ2n) is 6.69. The number of unbranched alkanes of at least 4 members (excludes halogenated alkanes) is 3. The lowest BCUT2D eigenvalue weighted by Gasteiger charge is -2.14. The van der Waals surface area contributed by atoms with Crippen molar-refractivity contribution < 1.29 is 24.2 Å². The molecule has 0 heterocycles. The molecule has 0 aromatic rings. The molecule has 1 rings (SSSR count). The summed E-state index contributed by atoms with van der Waals surface area (Å²) in [7, 11) is 1.35. The van der Waals surface area contributed by atoms with E-state index in [1.165, 1.54) is 13.2 Å². The molecule has 0 bridgehead atoms. The van der Waals surface area contributed by atoms with Gasteiger partial charge in [-0.3, -0.25) is 14.4 Å². The van der Waals surface area contributed by atoms with Crippen LogP contribution < -0.4 is 0 Å². The molecule has 0 spiro atoms. The number of ketones is 2. The van der Waals surface area contributed by atoms with Gasteiger partial charge in [-0.15, -0.1) is 11.8 Å². The largest absolute Gasteiger partial charge is 0.469 e. The van der Waals surface area contributed by atoms with Crippen molar-refractivity contribution in [3.8, 4) is 11.8 Å². The van der Waals surface area contributed by atoms with E-state index in [-0.39, 0.29) is 35.8 Å². The highest BCUT2D eigenvalue weighted by molar-refractivity contribution is 5.90. The number of rotatable bonds is 10. The molecule has 1 aliphatic rings. The van der Waals surface area contributed by atoms with E-state index in [0.29, 0.717) is 32.1 Å². The number of allylic oxidation sites excluding steroid dienone is 1. The van der Waals surface area contributed by atoms with E-state index >= 15 is 0 Å². The summed E-state index contributed by atoms with van der Waals surface area (Å²) in [6.07, 6.45) is 7.92. The first kappa shape index (κ1) is 22.1. The van der Waals surface area contributed by atoms with Crippen molar-refractivity contribution in [2.75, 3.05) is 7.11 Å². The molecule has 0 aliphatic heterocycles. The molecule has 26 heavy (non-hydrogen) atoms. The highest BCUT2D eigenvalue weighted by Gasteiger charge is 2.39. The van der Waals surface area contributed by atoms with E-state index in [9.17, 15) is 19.5 Å². The molecule has 0 saturated heterocycles. The average molecular weight is 362 g/mol. The molecular weight excluding hydrogens is 332 g/mol. The fourth-order valence-electron chi connectivity index (χ4n) is 3.03. The maximum atomic E-state index is 12.1. The van der Waals surface area contributed by atoms with Crippen molar-refractivity contribution in [2.24, 2.45) is 11.8 Å². The van der Waals surface area contributed by atoms with E-state index in [2.05, 4.69) is 23.5 Å². The molecule has 0 aromatic heterocycles. The highest BCUT2D eigenvalue weighted by Crippen LogP contribution is 2.32. The molecular formula is C21H30O5. The Morgan fingerprint density at radius 1 is 1.23 bits per heavy atom. The standard InChI is InChI=1S/C21H30O5/c1-3-4-7-10-16(22)13-14-18-17(19(23)15-20(18)24)11-8-5-6-9-12-21(25)26-2/h13-14,17-18,20,24H,3-4,6-7,9-12,15H2,1-2H3/b14-13+/t17-,18-,20+/m0/s1. The van der Waals surface area contributed by atoms with E-state index in [1.807, 2.05) is 0 Å². The molecule has 1 N–H and O–H groups in total. The summed E-state index contributed by atoms with van der Waals surface area (Å²) in [6, 6.07) is 0. The average Bonchev–Trinajstić information content (AvgIpc) is 2.89. The summed E-state index contributed by atoms with van der Waals surface area (Å²) in [6.45, 7) is 2.09. The fourth-order valence-corrected chi connectivity index (χ4v) is 3.03. The first-order valence-electron chi connectivity index (χ1n) is 9.43. The molecule has 0 unspecified atom stereocenters.